The number of benzene rings is 1. The van der Waals surface area contributed by atoms with Crippen LogP contribution >= 0.6 is 11.8 Å². The fraction of sp³-hybridized carbons (Fsp3) is 0.571. The number of hydrogen-bond acceptors (Lipinski definition) is 2. The molecule has 0 radical (unpaired) electrons. The summed E-state index contributed by atoms with van der Waals surface area (Å²) in [6, 6.07) is 2.48. The van der Waals surface area contributed by atoms with Crippen LogP contribution < -0.4 is 5.32 Å². The van der Waals surface area contributed by atoms with Gasteiger partial charge < -0.3 is 5.32 Å². The average Bonchev–Trinajstić information content (AvgIpc) is 2.35. The molecule has 1 nitrogen and oxygen atoms in total. The summed E-state index contributed by atoms with van der Waals surface area (Å²) in [7, 11) is 0. The van der Waals surface area contributed by atoms with E-state index < -0.39 is 11.6 Å². The Balaban J connectivity index is 2.37. The molecule has 2 atom stereocenters. The minimum absolute atomic E-state index is 0.00398. The van der Waals surface area contributed by atoms with Gasteiger partial charge in [-0.3, -0.25) is 0 Å². The van der Waals surface area contributed by atoms with Crippen LogP contribution in [0.5, 0.6) is 0 Å². The molecule has 4 heteroatoms. The highest BCUT2D eigenvalue weighted by Gasteiger charge is 2.31. The lowest BCUT2D eigenvalue weighted by Gasteiger charge is -2.33. The van der Waals surface area contributed by atoms with Crippen LogP contribution in [0.25, 0.3) is 0 Å². The maximum Gasteiger partial charge on any atom is 0.131 e. The molecule has 0 saturated carbocycles. The summed E-state index contributed by atoms with van der Waals surface area (Å²) in [5.41, 5.74) is 1.48. The van der Waals surface area contributed by atoms with Crippen molar-refractivity contribution in [2.24, 2.45) is 0 Å². The molecule has 0 saturated heterocycles. The predicted octanol–water partition coefficient (Wildman–Crippen LogP) is 4.03. The van der Waals surface area contributed by atoms with Crippen molar-refractivity contribution in [3.63, 3.8) is 0 Å². The van der Waals surface area contributed by atoms with E-state index in [2.05, 4.69) is 19.2 Å². The Kier molecular flexibility index (Phi) is 4.62. The maximum absolute atomic E-state index is 14.0. The highest BCUT2D eigenvalue weighted by molar-refractivity contribution is 7.99. The van der Waals surface area contributed by atoms with Crippen molar-refractivity contribution >= 4 is 11.8 Å². The minimum atomic E-state index is -0.476. The van der Waals surface area contributed by atoms with Crippen molar-refractivity contribution in [2.45, 2.75) is 43.7 Å². The Hall–Kier alpha value is -0.610. The first kappa shape index (κ1) is 13.8. The van der Waals surface area contributed by atoms with E-state index in [1.807, 2.05) is 0 Å². The van der Waals surface area contributed by atoms with E-state index in [0.29, 0.717) is 16.6 Å². The molecule has 1 aromatic rings. The van der Waals surface area contributed by atoms with Crippen LogP contribution in [0.1, 0.15) is 43.9 Å². The Bertz CT molecular complexity index is 423. The van der Waals surface area contributed by atoms with E-state index in [0.717, 1.165) is 31.0 Å². The molecule has 1 heterocycles. The summed E-state index contributed by atoms with van der Waals surface area (Å²) in [6.45, 7) is 5.06. The molecule has 0 amide bonds. The van der Waals surface area contributed by atoms with Gasteiger partial charge in [-0.05, 0) is 31.0 Å². The van der Waals surface area contributed by atoms with Gasteiger partial charge in [0.25, 0.3) is 0 Å². The molecule has 0 fully saturated rings. The summed E-state index contributed by atoms with van der Waals surface area (Å²) in [5.74, 6) is -0.180. The normalized spacial score (nSPS) is 22.9. The summed E-state index contributed by atoms with van der Waals surface area (Å²) >= 11 is 1.79. The van der Waals surface area contributed by atoms with Gasteiger partial charge in [0, 0.05) is 28.7 Å². The van der Waals surface area contributed by atoms with Gasteiger partial charge in [-0.15, -0.1) is 0 Å². The molecule has 0 aliphatic carbocycles. The van der Waals surface area contributed by atoms with E-state index in [-0.39, 0.29) is 6.04 Å². The van der Waals surface area contributed by atoms with Crippen LogP contribution in [0.15, 0.2) is 12.1 Å². The molecule has 0 spiro atoms. The molecule has 0 bridgehead atoms. The van der Waals surface area contributed by atoms with Crippen molar-refractivity contribution in [3.8, 4) is 0 Å². The van der Waals surface area contributed by atoms with Gasteiger partial charge in [-0.1, -0.05) is 13.8 Å². The second-order valence-corrected chi connectivity index (χ2v) is 5.88. The van der Waals surface area contributed by atoms with E-state index in [4.69, 9.17) is 0 Å². The van der Waals surface area contributed by atoms with Gasteiger partial charge in [-0.25, -0.2) is 8.78 Å². The topological polar surface area (TPSA) is 12.0 Å². The molecule has 1 aliphatic heterocycles. The molecule has 1 aliphatic rings. The summed E-state index contributed by atoms with van der Waals surface area (Å²) in [6.07, 6.45) is 2.00. The molecular weight excluding hydrogens is 252 g/mol. The number of thioether (sulfide) groups is 1. The molecule has 0 aromatic heterocycles. The van der Waals surface area contributed by atoms with Crippen LogP contribution in [-0.2, 0) is 5.75 Å². The van der Waals surface area contributed by atoms with Crippen molar-refractivity contribution in [3.05, 3.63) is 34.9 Å². The third-order valence-electron chi connectivity index (χ3n) is 3.33. The van der Waals surface area contributed by atoms with Crippen molar-refractivity contribution in [2.75, 3.05) is 6.54 Å². The minimum Gasteiger partial charge on any atom is -0.309 e. The lowest BCUT2D eigenvalue weighted by atomic mass is 9.95. The summed E-state index contributed by atoms with van der Waals surface area (Å²) in [5, 5.41) is 3.77. The zero-order valence-electron chi connectivity index (χ0n) is 10.8. The van der Waals surface area contributed by atoms with Gasteiger partial charge >= 0.3 is 0 Å². The van der Waals surface area contributed by atoms with Crippen molar-refractivity contribution < 1.29 is 8.78 Å². The first-order valence-electron chi connectivity index (χ1n) is 6.50. The molecule has 100 valence electrons. The van der Waals surface area contributed by atoms with Crippen molar-refractivity contribution in [1.29, 1.82) is 0 Å². The lowest BCUT2D eigenvalue weighted by Crippen LogP contribution is -2.34. The van der Waals surface area contributed by atoms with Crippen LogP contribution in [-0.4, -0.2) is 11.8 Å². The van der Waals surface area contributed by atoms with Crippen LogP contribution in [0.3, 0.4) is 0 Å². The quantitative estimate of drug-likeness (QED) is 0.887. The summed E-state index contributed by atoms with van der Waals surface area (Å²) < 4.78 is 27.3. The fourth-order valence-electron chi connectivity index (χ4n) is 2.47. The predicted molar refractivity (Wildman–Crippen MR) is 72.8 cm³/mol. The standard InChI is InChI=1S/C14H19F2NS/c1-3-5-17-14-12(4-2)18-8-9-6-10(15)7-11(16)13(9)14/h6-7,12,14,17H,3-5,8H2,1-2H3. The molecule has 2 unspecified atom stereocenters. The Morgan fingerprint density at radius 1 is 1.33 bits per heavy atom. The number of nitrogens with one attached hydrogen (secondary N) is 1. The zero-order chi connectivity index (χ0) is 13.1. The van der Waals surface area contributed by atoms with Crippen LogP contribution in [0.4, 0.5) is 8.78 Å². The second kappa shape index (κ2) is 6.02. The Labute approximate surface area is 111 Å². The molecule has 1 aromatic carbocycles. The smallest absolute Gasteiger partial charge is 0.131 e. The Morgan fingerprint density at radius 3 is 2.78 bits per heavy atom. The molecule has 18 heavy (non-hydrogen) atoms. The fourth-order valence-corrected chi connectivity index (χ4v) is 3.76. The van der Waals surface area contributed by atoms with Gasteiger partial charge in [0.1, 0.15) is 11.6 Å². The van der Waals surface area contributed by atoms with E-state index in [1.165, 1.54) is 6.07 Å². The third kappa shape index (κ3) is 2.69. The summed E-state index contributed by atoms with van der Waals surface area (Å²) in [4.78, 5) is 0. The van der Waals surface area contributed by atoms with Gasteiger partial charge in [0.2, 0.25) is 0 Å². The van der Waals surface area contributed by atoms with Crippen LogP contribution in [0, 0.1) is 11.6 Å². The van der Waals surface area contributed by atoms with Gasteiger partial charge in [-0.2, -0.15) is 11.8 Å². The van der Waals surface area contributed by atoms with Crippen molar-refractivity contribution in [1.82, 2.24) is 5.32 Å². The molecule has 1 N–H and O–H groups in total. The second-order valence-electron chi connectivity index (χ2n) is 4.65. The highest BCUT2D eigenvalue weighted by Crippen LogP contribution is 2.40. The number of halogens is 2. The average molecular weight is 271 g/mol. The SMILES string of the molecule is CCCNC1c2c(F)cc(F)cc2CSC1CC. The number of hydrogen-bond donors (Lipinski definition) is 1. The number of fused-ring (bicyclic) bond motifs is 1. The first-order valence-corrected chi connectivity index (χ1v) is 7.55. The van der Waals surface area contributed by atoms with Gasteiger partial charge in [0.05, 0.1) is 0 Å². The van der Waals surface area contributed by atoms with Gasteiger partial charge in [0.15, 0.2) is 0 Å². The highest BCUT2D eigenvalue weighted by atomic mass is 32.2. The molecular formula is C14H19F2NS. The van der Waals surface area contributed by atoms with E-state index >= 15 is 0 Å². The maximum atomic E-state index is 14.0. The number of rotatable bonds is 4. The lowest BCUT2D eigenvalue weighted by molar-refractivity contribution is 0.466. The zero-order valence-corrected chi connectivity index (χ0v) is 11.6. The largest absolute Gasteiger partial charge is 0.309 e. The Morgan fingerprint density at radius 2 is 2.11 bits per heavy atom. The van der Waals surface area contributed by atoms with E-state index in [1.54, 1.807) is 11.8 Å². The molecule has 2 rings (SSSR count). The van der Waals surface area contributed by atoms with E-state index in [9.17, 15) is 8.78 Å². The van der Waals surface area contributed by atoms with Crippen LogP contribution in [0.2, 0.25) is 0 Å². The first-order chi connectivity index (χ1) is 8.67. The third-order valence-corrected chi connectivity index (χ3v) is 4.84. The monoisotopic (exact) mass is 271 g/mol.